The van der Waals surface area contributed by atoms with E-state index in [2.05, 4.69) is 6.92 Å². The first-order valence-corrected chi connectivity index (χ1v) is 10.8. The summed E-state index contributed by atoms with van der Waals surface area (Å²) >= 11 is 1.29. The number of carbonyl (C=O) groups excluding carboxylic acids is 1. The molecule has 0 unspecified atom stereocenters. The number of unbranched alkanes of at least 4 members (excludes halogenated alkanes) is 1. The molecule has 0 aliphatic carbocycles. The normalized spacial score (nSPS) is 11.2. The monoisotopic (exact) mass is 413 g/mol. The minimum Gasteiger partial charge on any atom is -0.341 e. The number of fused-ring (bicyclic) bond motifs is 1. The Morgan fingerprint density at radius 2 is 1.86 bits per heavy atom. The van der Waals surface area contributed by atoms with Crippen molar-refractivity contribution < 1.29 is 4.79 Å². The second kappa shape index (κ2) is 8.78. The number of thiophene rings is 1. The number of amides is 1. The van der Waals surface area contributed by atoms with Gasteiger partial charge in [-0.2, -0.15) is 0 Å². The molecule has 29 heavy (non-hydrogen) atoms. The number of benzene rings is 1. The van der Waals surface area contributed by atoms with E-state index in [0.717, 1.165) is 24.0 Å². The topological polar surface area (TPSA) is 64.3 Å². The third-order valence-electron chi connectivity index (χ3n) is 5.31. The van der Waals surface area contributed by atoms with Gasteiger partial charge in [0, 0.05) is 13.1 Å². The lowest BCUT2D eigenvalue weighted by Crippen LogP contribution is -2.42. The van der Waals surface area contributed by atoms with Crippen molar-refractivity contribution in [1.29, 1.82) is 0 Å². The van der Waals surface area contributed by atoms with E-state index >= 15 is 0 Å². The summed E-state index contributed by atoms with van der Waals surface area (Å²) < 4.78 is 3.09. The van der Waals surface area contributed by atoms with Crippen LogP contribution in [0.15, 0.2) is 39.2 Å². The van der Waals surface area contributed by atoms with Crippen LogP contribution in [0.25, 0.3) is 15.9 Å². The number of hydrogen-bond acceptors (Lipinski definition) is 4. The Labute approximate surface area is 174 Å². The van der Waals surface area contributed by atoms with Gasteiger partial charge >= 0.3 is 5.69 Å². The zero-order valence-corrected chi connectivity index (χ0v) is 18.2. The van der Waals surface area contributed by atoms with Crippen molar-refractivity contribution in [2.75, 3.05) is 13.1 Å². The Morgan fingerprint density at radius 1 is 1.10 bits per heavy atom. The quantitative estimate of drug-likeness (QED) is 0.596. The van der Waals surface area contributed by atoms with Gasteiger partial charge in [0.1, 0.15) is 11.2 Å². The van der Waals surface area contributed by atoms with Gasteiger partial charge < -0.3 is 4.90 Å². The number of rotatable bonds is 7. The molecule has 6 nitrogen and oxygen atoms in total. The lowest BCUT2D eigenvalue weighted by molar-refractivity contribution is -0.131. The maximum atomic E-state index is 13.3. The summed E-state index contributed by atoms with van der Waals surface area (Å²) in [6.07, 6.45) is 1.92. The third kappa shape index (κ3) is 4.05. The predicted octanol–water partition coefficient (Wildman–Crippen LogP) is 3.48. The fourth-order valence-electron chi connectivity index (χ4n) is 3.38. The highest BCUT2D eigenvalue weighted by Crippen LogP contribution is 2.18. The molecule has 2 heterocycles. The van der Waals surface area contributed by atoms with Crippen molar-refractivity contribution in [2.45, 2.75) is 47.1 Å². The first-order valence-electron chi connectivity index (χ1n) is 9.97. The fraction of sp³-hybridized carbons (Fsp3) is 0.409. The van der Waals surface area contributed by atoms with Crippen molar-refractivity contribution in [3.8, 4) is 5.69 Å². The predicted molar refractivity (Wildman–Crippen MR) is 118 cm³/mol. The van der Waals surface area contributed by atoms with Crippen molar-refractivity contribution in [3.05, 3.63) is 61.6 Å². The molecule has 1 amide bonds. The molecule has 0 aliphatic rings. The van der Waals surface area contributed by atoms with E-state index in [-0.39, 0.29) is 18.0 Å². The van der Waals surface area contributed by atoms with Crippen molar-refractivity contribution >= 4 is 27.5 Å². The minimum atomic E-state index is -0.482. The maximum absolute atomic E-state index is 13.3. The van der Waals surface area contributed by atoms with Crippen molar-refractivity contribution in [3.63, 3.8) is 0 Å². The zero-order valence-electron chi connectivity index (χ0n) is 17.4. The molecule has 0 saturated heterocycles. The highest BCUT2D eigenvalue weighted by molar-refractivity contribution is 7.17. The van der Waals surface area contributed by atoms with E-state index in [1.807, 2.05) is 32.9 Å². The molecule has 1 aromatic carbocycles. The molecule has 0 aliphatic heterocycles. The smallest absolute Gasteiger partial charge is 0.336 e. The second-order valence-electron chi connectivity index (χ2n) is 7.24. The van der Waals surface area contributed by atoms with Crippen LogP contribution in [0.1, 0.15) is 37.8 Å². The summed E-state index contributed by atoms with van der Waals surface area (Å²) in [5.41, 5.74) is 2.31. The van der Waals surface area contributed by atoms with E-state index in [9.17, 15) is 14.4 Å². The van der Waals surface area contributed by atoms with Crippen molar-refractivity contribution in [1.82, 2.24) is 14.0 Å². The molecule has 0 N–H and O–H groups in total. The first-order chi connectivity index (χ1) is 13.9. The lowest BCUT2D eigenvalue weighted by Gasteiger charge is -2.21. The summed E-state index contributed by atoms with van der Waals surface area (Å²) in [5, 5.41) is 1.78. The Morgan fingerprint density at radius 3 is 2.52 bits per heavy atom. The number of hydrogen-bond donors (Lipinski definition) is 0. The molecule has 2 aromatic heterocycles. The van der Waals surface area contributed by atoms with Gasteiger partial charge in [0.15, 0.2) is 0 Å². The molecule has 7 heteroatoms. The van der Waals surface area contributed by atoms with Gasteiger partial charge in [-0.1, -0.05) is 19.4 Å². The standard InChI is InChI=1S/C22H27N3O3S/c1-5-7-11-23(6-2)19(26)14-24-18-10-12-29-20(18)21(27)25(22(24)28)17-9-8-15(3)16(4)13-17/h8-10,12-13H,5-7,11,14H2,1-4H3. The third-order valence-corrected chi connectivity index (χ3v) is 6.20. The van der Waals surface area contributed by atoms with Gasteiger partial charge in [0.2, 0.25) is 5.91 Å². The van der Waals surface area contributed by atoms with Gasteiger partial charge in [-0.05, 0) is 61.9 Å². The summed E-state index contributed by atoms with van der Waals surface area (Å²) in [5.74, 6) is -0.110. The summed E-state index contributed by atoms with van der Waals surface area (Å²) in [6, 6.07) is 7.25. The Balaban J connectivity index is 2.14. The van der Waals surface area contributed by atoms with Crippen molar-refractivity contribution in [2.24, 2.45) is 0 Å². The second-order valence-corrected chi connectivity index (χ2v) is 8.16. The van der Waals surface area contributed by atoms with Crippen LogP contribution in [0.5, 0.6) is 0 Å². The Kier molecular flexibility index (Phi) is 6.37. The lowest BCUT2D eigenvalue weighted by atomic mass is 10.1. The van der Waals surface area contributed by atoms with E-state index in [1.54, 1.807) is 22.4 Å². The average molecular weight is 414 g/mol. The van der Waals surface area contributed by atoms with Gasteiger partial charge in [0.25, 0.3) is 5.56 Å². The molecular formula is C22H27N3O3S. The summed E-state index contributed by atoms with van der Waals surface area (Å²) in [7, 11) is 0. The molecular weight excluding hydrogens is 386 g/mol. The SMILES string of the molecule is CCCCN(CC)C(=O)Cn1c(=O)n(-c2ccc(C)c(C)c2)c(=O)c2sccc21. The van der Waals surface area contributed by atoms with Gasteiger partial charge in [0.05, 0.1) is 11.2 Å². The van der Waals surface area contributed by atoms with Crippen LogP contribution in [0.4, 0.5) is 0 Å². The Hall–Kier alpha value is -2.67. The van der Waals surface area contributed by atoms with Crippen LogP contribution >= 0.6 is 11.3 Å². The number of nitrogens with zero attached hydrogens (tertiary/aromatic N) is 3. The minimum absolute atomic E-state index is 0.0747. The largest absolute Gasteiger partial charge is 0.341 e. The van der Waals surface area contributed by atoms with Crippen LogP contribution in [0, 0.1) is 13.8 Å². The number of carbonyl (C=O) groups is 1. The van der Waals surface area contributed by atoms with Crippen LogP contribution in [-0.4, -0.2) is 33.0 Å². The van der Waals surface area contributed by atoms with Crippen LogP contribution in [-0.2, 0) is 11.3 Å². The molecule has 3 aromatic rings. The van der Waals surface area contributed by atoms with E-state index in [0.29, 0.717) is 29.0 Å². The first kappa shape index (κ1) is 21.0. The molecule has 0 bridgehead atoms. The number of aryl methyl sites for hydroxylation is 2. The van der Waals surface area contributed by atoms with Crippen LogP contribution in [0.3, 0.4) is 0 Å². The van der Waals surface area contributed by atoms with E-state index < -0.39 is 5.69 Å². The zero-order chi connectivity index (χ0) is 21.1. The highest BCUT2D eigenvalue weighted by Gasteiger charge is 2.19. The molecule has 0 saturated carbocycles. The van der Waals surface area contributed by atoms with Crippen LogP contribution in [0.2, 0.25) is 0 Å². The average Bonchev–Trinajstić information content (AvgIpc) is 3.18. The number of aromatic nitrogens is 2. The van der Waals surface area contributed by atoms with Gasteiger partial charge in [-0.15, -0.1) is 11.3 Å². The fourth-order valence-corrected chi connectivity index (χ4v) is 4.20. The van der Waals surface area contributed by atoms with E-state index in [4.69, 9.17) is 0 Å². The molecule has 0 spiro atoms. The molecule has 154 valence electrons. The maximum Gasteiger partial charge on any atom is 0.336 e. The van der Waals surface area contributed by atoms with Crippen LogP contribution < -0.4 is 11.2 Å². The Bertz CT molecular complexity index is 1160. The summed E-state index contributed by atoms with van der Waals surface area (Å²) in [4.78, 5) is 41.0. The highest BCUT2D eigenvalue weighted by atomic mass is 32.1. The van der Waals surface area contributed by atoms with Gasteiger partial charge in [-0.25, -0.2) is 9.36 Å². The number of likely N-dealkylation sites (N-methyl/N-ethyl adjacent to an activating group) is 1. The molecule has 0 fully saturated rings. The van der Waals surface area contributed by atoms with Gasteiger partial charge in [-0.3, -0.25) is 14.2 Å². The van der Waals surface area contributed by atoms with E-state index in [1.165, 1.54) is 20.5 Å². The molecule has 3 rings (SSSR count). The molecule has 0 radical (unpaired) electrons. The molecule has 0 atom stereocenters. The summed E-state index contributed by atoms with van der Waals surface area (Å²) in [6.45, 7) is 9.14.